The number of hydrogen-bond acceptors (Lipinski definition) is 3. The molecule has 2 atom stereocenters. The highest BCUT2D eigenvalue weighted by Crippen LogP contribution is 2.43. The van der Waals surface area contributed by atoms with Gasteiger partial charge in [-0.05, 0) is 69.2 Å². The third kappa shape index (κ3) is 3.79. The minimum Gasteiger partial charge on any atom is -0.369 e. The first-order valence-electron chi connectivity index (χ1n) is 10.3. The van der Waals surface area contributed by atoms with E-state index < -0.39 is 17.3 Å². The lowest BCUT2D eigenvalue weighted by atomic mass is 10.0. The number of carbonyl (C=O) groups is 1. The Bertz CT molecular complexity index is 938. The van der Waals surface area contributed by atoms with E-state index in [1.807, 2.05) is 11.8 Å². The number of nitrogens with zero attached hydrogens (tertiary/aromatic N) is 3. The van der Waals surface area contributed by atoms with E-state index >= 15 is 0 Å². The molecule has 1 N–H and O–H groups in total. The first kappa shape index (κ1) is 20.8. The molecule has 1 amide bonds. The third-order valence-electron chi connectivity index (χ3n) is 6.48. The van der Waals surface area contributed by atoms with Gasteiger partial charge in [-0.3, -0.25) is 9.48 Å². The predicted molar refractivity (Wildman–Crippen MR) is 109 cm³/mol. The molecule has 2 aliphatic rings. The molecule has 2 aromatic rings. The fraction of sp³-hybridized carbons (Fsp3) is 0.545. The van der Waals surface area contributed by atoms with Crippen LogP contribution in [0.2, 0.25) is 0 Å². The first-order valence-corrected chi connectivity index (χ1v) is 10.3. The number of nitrogens with one attached hydrogen (secondary N) is 1. The third-order valence-corrected chi connectivity index (χ3v) is 6.48. The van der Waals surface area contributed by atoms with Gasteiger partial charge in [0, 0.05) is 19.3 Å². The second-order valence-corrected chi connectivity index (χ2v) is 9.06. The summed E-state index contributed by atoms with van der Waals surface area (Å²) in [4.78, 5) is 15.1. The molecule has 0 bridgehead atoms. The van der Waals surface area contributed by atoms with Gasteiger partial charge in [0.1, 0.15) is 5.54 Å². The Labute approximate surface area is 174 Å². The number of carbonyl (C=O) groups excluding carboxylic acids is 1. The normalized spacial score (nSPS) is 21.7. The summed E-state index contributed by atoms with van der Waals surface area (Å²) in [6.07, 6.45) is 2.43. The van der Waals surface area contributed by atoms with Crippen molar-refractivity contribution in [3.05, 3.63) is 41.7 Å². The van der Waals surface area contributed by atoms with Crippen LogP contribution in [-0.2, 0) is 16.5 Å². The average molecular weight is 420 g/mol. The van der Waals surface area contributed by atoms with E-state index in [9.17, 15) is 18.0 Å². The number of fused-ring (bicyclic) bond motifs is 1. The average Bonchev–Trinajstić information content (AvgIpc) is 3.37. The zero-order valence-corrected chi connectivity index (χ0v) is 17.5. The van der Waals surface area contributed by atoms with Crippen LogP contribution in [0.5, 0.6) is 0 Å². The maximum Gasteiger partial charge on any atom is 0.416 e. The van der Waals surface area contributed by atoms with Crippen molar-refractivity contribution in [2.45, 2.75) is 51.7 Å². The van der Waals surface area contributed by atoms with E-state index in [0.717, 1.165) is 37.6 Å². The van der Waals surface area contributed by atoms with Crippen molar-refractivity contribution in [1.29, 1.82) is 0 Å². The van der Waals surface area contributed by atoms with Gasteiger partial charge in [0.15, 0.2) is 0 Å². The van der Waals surface area contributed by atoms with E-state index in [1.165, 1.54) is 18.6 Å². The Kier molecular flexibility index (Phi) is 5.06. The smallest absolute Gasteiger partial charge is 0.369 e. The molecular formula is C22H27F3N4O. The maximum absolute atomic E-state index is 13.4. The van der Waals surface area contributed by atoms with Crippen molar-refractivity contribution >= 4 is 17.3 Å². The number of anilines is 2. The second-order valence-electron chi connectivity index (χ2n) is 9.06. The lowest BCUT2D eigenvalue weighted by Crippen LogP contribution is -2.41. The van der Waals surface area contributed by atoms with Gasteiger partial charge < -0.3 is 10.2 Å². The van der Waals surface area contributed by atoms with Crippen LogP contribution in [0.1, 0.15) is 44.2 Å². The van der Waals surface area contributed by atoms with E-state index in [0.29, 0.717) is 23.2 Å². The summed E-state index contributed by atoms with van der Waals surface area (Å²) in [6.45, 7) is 6.82. The standard InChI is InChI=1S/C22H27F3N4O/c1-14-10-26-29(11-14)21(2,3)20(30)27-18-8-7-17(22(23,24)25)9-19(18)28-12-15-5-4-6-16(15)13-28/h7-11,15-16H,4-6,12-13H2,1-3H3,(H,27,30). The quantitative estimate of drug-likeness (QED) is 0.772. The van der Waals surface area contributed by atoms with Crippen LogP contribution in [0.4, 0.5) is 24.5 Å². The predicted octanol–water partition coefficient (Wildman–Crippen LogP) is 4.82. The van der Waals surface area contributed by atoms with E-state index in [4.69, 9.17) is 0 Å². The van der Waals surface area contributed by atoms with E-state index in [2.05, 4.69) is 10.4 Å². The number of aryl methyl sites for hydroxylation is 1. The molecule has 4 rings (SSSR count). The van der Waals surface area contributed by atoms with Crippen molar-refractivity contribution in [1.82, 2.24) is 9.78 Å². The van der Waals surface area contributed by atoms with Crippen LogP contribution in [0.15, 0.2) is 30.6 Å². The molecule has 1 aliphatic heterocycles. The Morgan fingerprint density at radius 2 is 1.83 bits per heavy atom. The summed E-state index contributed by atoms with van der Waals surface area (Å²) >= 11 is 0. The minimum absolute atomic E-state index is 0.328. The number of halogens is 3. The maximum atomic E-state index is 13.4. The Balaban J connectivity index is 1.64. The Morgan fingerprint density at radius 1 is 1.17 bits per heavy atom. The van der Waals surface area contributed by atoms with Gasteiger partial charge in [-0.1, -0.05) is 6.42 Å². The molecule has 2 unspecified atom stereocenters. The molecule has 1 aliphatic carbocycles. The minimum atomic E-state index is -4.43. The molecule has 30 heavy (non-hydrogen) atoms. The van der Waals surface area contributed by atoms with Crippen LogP contribution in [0.25, 0.3) is 0 Å². The van der Waals surface area contributed by atoms with Gasteiger partial charge in [0.2, 0.25) is 0 Å². The summed E-state index contributed by atoms with van der Waals surface area (Å²) in [7, 11) is 0. The Morgan fingerprint density at radius 3 is 2.40 bits per heavy atom. The second kappa shape index (κ2) is 7.32. The molecule has 1 aromatic carbocycles. The molecule has 1 saturated carbocycles. The van der Waals surface area contributed by atoms with Crippen molar-refractivity contribution in [3.63, 3.8) is 0 Å². The fourth-order valence-corrected chi connectivity index (χ4v) is 4.60. The van der Waals surface area contributed by atoms with E-state index in [1.54, 1.807) is 30.9 Å². The molecule has 2 heterocycles. The fourth-order valence-electron chi connectivity index (χ4n) is 4.60. The number of rotatable bonds is 4. The van der Waals surface area contributed by atoms with Gasteiger partial charge in [-0.2, -0.15) is 18.3 Å². The molecule has 1 aromatic heterocycles. The van der Waals surface area contributed by atoms with Crippen molar-refractivity contribution < 1.29 is 18.0 Å². The van der Waals surface area contributed by atoms with E-state index in [-0.39, 0.29) is 5.91 Å². The molecule has 1 saturated heterocycles. The highest BCUT2D eigenvalue weighted by Gasteiger charge is 2.39. The van der Waals surface area contributed by atoms with Crippen LogP contribution in [0.3, 0.4) is 0 Å². The highest BCUT2D eigenvalue weighted by molar-refractivity contribution is 5.99. The lowest BCUT2D eigenvalue weighted by Gasteiger charge is -2.28. The summed E-state index contributed by atoms with van der Waals surface area (Å²) < 4.78 is 41.7. The lowest BCUT2D eigenvalue weighted by molar-refractivity contribution is -0.137. The summed E-state index contributed by atoms with van der Waals surface area (Å²) in [5.41, 5.74) is 0.0876. The van der Waals surface area contributed by atoms with Crippen molar-refractivity contribution in [2.75, 3.05) is 23.3 Å². The van der Waals surface area contributed by atoms with Crippen LogP contribution >= 0.6 is 0 Å². The van der Waals surface area contributed by atoms with Gasteiger partial charge in [-0.15, -0.1) is 0 Å². The summed E-state index contributed by atoms with van der Waals surface area (Å²) in [6, 6.07) is 3.57. The van der Waals surface area contributed by atoms with Crippen LogP contribution in [-0.4, -0.2) is 28.8 Å². The van der Waals surface area contributed by atoms with Crippen molar-refractivity contribution in [3.8, 4) is 0 Å². The van der Waals surface area contributed by atoms with Gasteiger partial charge in [0.05, 0.1) is 23.1 Å². The molecule has 8 heteroatoms. The first-order chi connectivity index (χ1) is 14.1. The highest BCUT2D eigenvalue weighted by atomic mass is 19.4. The Hall–Kier alpha value is -2.51. The number of aromatic nitrogens is 2. The van der Waals surface area contributed by atoms with Gasteiger partial charge in [0.25, 0.3) is 5.91 Å². The zero-order chi connectivity index (χ0) is 21.7. The largest absolute Gasteiger partial charge is 0.416 e. The SMILES string of the molecule is Cc1cnn(C(C)(C)C(=O)Nc2ccc(C(F)(F)F)cc2N2CC3CCCC3C2)c1. The number of amides is 1. The number of benzene rings is 1. The monoisotopic (exact) mass is 420 g/mol. The molecule has 0 radical (unpaired) electrons. The number of alkyl halides is 3. The molecular weight excluding hydrogens is 393 g/mol. The number of hydrogen-bond donors (Lipinski definition) is 1. The zero-order valence-electron chi connectivity index (χ0n) is 17.5. The molecule has 162 valence electrons. The topological polar surface area (TPSA) is 50.2 Å². The molecule has 0 spiro atoms. The summed E-state index contributed by atoms with van der Waals surface area (Å²) in [5.74, 6) is 0.712. The molecule has 5 nitrogen and oxygen atoms in total. The van der Waals surface area contributed by atoms with Gasteiger partial charge >= 0.3 is 6.18 Å². The van der Waals surface area contributed by atoms with Crippen LogP contribution < -0.4 is 10.2 Å². The van der Waals surface area contributed by atoms with Crippen LogP contribution in [0, 0.1) is 18.8 Å². The summed E-state index contributed by atoms with van der Waals surface area (Å²) in [5, 5.41) is 7.10. The van der Waals surface area contributed by atoms with Gasteiger partial charge in [-0.25, -0.2) is 0 Å². The molecule has 2 fully saturated rings. The van der Waals surface area contributed by atoms with Crippen molar-refractivity contribution in [2.24, 2.45) is 11.8 Å².